The van der Waals surface area contributed by atoms with Crippen LogP contribution in [0.15, 0.2) is 50.6 Å². The Morgan fingerprint density at radius 3 is 1.42 bits per heavy atom. The van der Waals surface area contributed by atoms with E-state index in [1.165, 1.54) is 0 Å². The number of hydrogen-bond donors (Lipinski definition) is 0. The smallest absolute Gasteiger partial charge is 0.0190 e. The summed E-state index contributed by atoms with van der Waals surface area (Å²) in [7, 11) is 0. The van der Waals surface area contributed by atoms with Crippen LogP contribution < -0.4 is 0 Å². The molecular formula is C12H14. The number of rotatable bonds is 2. The minimum atomic E-state index is 1.14. The van der Waals surface area contributed by atoms with Crippen LogP contribution in [0.2, 0.25) is 0 Å². The summed E-state index contributed by atoms with van der Waals surface area (Å²) in [6, 6.07) is 8.02. The average molecular weight is 158 g/mol. The third kappa shape index (κ3) is 2.59. The summed E-state index contributed by atoms with van der Waals surface area (Å²) in [6.07, 6.45) is 3.66. The third-order valence-electron chi connectivity index (χ3n) is 1.44. The standard InChI is InChI=1S/C10H10.C2H4/c1-3-9-7-5-6-8-10(9)4-2;1-2/h3-8H,1-2H2;1-2H2. The van der Waals surface area contributed by atoms with E-state index in [4.69, 9.17) is 0 Å². The van der Waals surface area contributed by atoms with Crippen molar-refractivity contribution in [2.75, 3.05) is 0 Å². The quantitative estimate of drug-likeness (QED) is 0.575. The highest BCUT2D eigenvalue weighted by Gasteiger charge is 1.89. The lowest BCUT2D eigenvalue weighted by molar-refractivity contribution is 1.62. The van der Waals surface area contributed by atoms with E-state index >= 15 is 0 Å². The predicted octanol–water partition coefficient (Wildman–Crippen LogP) is 3.77. The van der Waals surface area contributed by atoms with Crippen LogP contribution in [0.1, 0.15) is 11.1 Å². The van der Waals surface area contributed by atoms with E-state index in [-0.39, 0.29) is 0 Å². The lowest BCUT2D eigenvalue weighted by atomic mass is 10.1. The van der Waals surface area contributed by atoms with E-state index in [0.29, 0.717) is 0 Å². The van der Waals surface area contributed by atoms with Gasteiger partial charge in [0.1, 0.15) is 0 Å². The van der Waals surface area contributed by atoms with Gasteiger partial charge in [-0.05, 0) is 11.1 Å². The minimum Gasteiger partial charge on any atom is -0.106 e. The Morgan fingerprint density at radius 1 is 0.833 bits per heavy atom. The summed E-state index contributed by atoms with van der Waals surface area (Å²) < 4.78 is 0. The van der Waals surface area contributed by atoms with E-state index in [0.717, 1.165) is 11.1 Å². The molecule has 0 aliphatic heterocycles. The maximum absolute atomic E-state index is 3.69. The molecule has 0 aromatic heterocycles. The zero-order valence-corrected chi connectivity index (χ0v) is 7.29. The molecule has 0 bridgehead atoms. The molecule has 0 heterocycles. The molecule has 0 atom stereocenters. The second-order valence-electron chi connectivity index (χ2n) is 2.04. The lowest BCUT2D eigenvalue weighted by Crippen LogP contribution is -1.76. The highest BCUT2D eigenvalue weighted by Crippen LogP contribution is 2.10. The van der Waals surface area contributed by atoms with Crippen molar-refractivity contribution in [1.82, 2.24) is 0 Å². The zero-order valence-electron chi connectivity index (χ0n) is 7.29. The van der Waals surface area contributed by atoms with Crippen molar-refractivity contribution < 1.29 is 0 Å². The summed E-state index contributed by atoms with van der Waals surface area (Å²) in [5.41, 5.74) is 2.27. The van der Waals surface area contributed by atoms with Gasteiger partial charge in [-0.3, -0.25) is 0 Å². The first kappa shape index (κ1) is 10.4. The van der Waals surface area contributed by atoms with Crippen molar-refractivity contribution in [1.29, 1.82) is 0 Å². The molecule has 0 unspecified atom stereocenters. The second kappa shape index (κ2) is 6.17. The van der Waals surface area contributed by atoms with E-state index in [2.05, 4.69) is 26.3 Å². The fourth-order valence-corrected chi connectivity index (χ4v) is 0.883. The fourth-order valence-electron chi connectivity index (χ4n) is 0.883. The highest BCUT2D eigenvalue weighted by molar-refractivity contribution is 5.63. The molecule has 0 radical (unpaired) electrons. The summed E-state index contributed by atoms with van der Waals surface area (Å²) in [6.45, 7) is 13.4. The molecule has 0 aliphatic rings. The molecular weight excluding hydrogens is 144 g/mol. The molecule has 1 aromatic rings. The van der Waals surface area contributed by atoms with Gasteiger partial charge in [-0.25, -0.2) is 0 Å². The largest absolute Gasteiger partial charge is 0.106 e. The first-order valence-electron chi connectivity index (χ1n) is 3.72. The van der Waals surface area contributed by atoms with Gasteiger partial charge in [0, 0.05) is 0 Å². The van der Waals surface area contributed by atoms with Gasteiger partial charge in [0.15, 0.2) is 0 Å². The maximum atomic E-state index is 3.69. The van der Waals surface area contributed by atoms with Crippen LogP contribution >= 0.6 is 0 Å². The topological polar surface area (TPSA) is 0 Å². The normalized spacial score (nSPS) is 7.67. The molecule has 12 heavy (non-hydrogen) atoms. The predicted molar refractivity (Wildman–Crippen MR) is 57.9 cm³/mol. The molecule has 0 amide bonds. The lowest BCUT2D eigenvalue weighted by Gasteiger charge is -1.96. The zero-order chi connectivity index (χ0) is 9.40. The van der Waals surface area contributed by atoms with Gasteiger partial charge >= 0.3 is 0 Å². The van der Waals surface area contributed by atoms with Crippen molar-refractivity contribution >= 4 is 12.2 Å². The van der Waals surface area contributed by atoms with Crippen molar-refractivity contribution in [3.05, 3.63) is 61.7 Å². The Labute approximate surface area is 74.6 Å². The summed E-state index contributed by atoms with van der Waals surface area (Å²) in [5, 5.41) is 0. The maximum Gasteiger partial charge on any atom is -0.0190 e. The average Bonchev–Trinajstić information content (AvgIpc) is 2.20. The minimum absolute atomic E-state index is 1.14. The van der Waals surface area contributed by atoms with Gasteiger partial charge < -0.3 is 0 Å². The van der Waals surface area contributed by atoms with Gasteiger partial charge in [-0.1, -0.05) is 49.6 Å². The molecule has 1 rings (SSSR count). The van der Waals surface area contributed by atoms with Gasteiger partial charge in [-0.2, -0.15) is 0 Å². The Bertz CT molecular complexity index is 231. The molecule has 0 aliphatic carbocycles. The van der Waals surface area contributed by atoms with Gasteiger partial charge in [-0.15, -0.1) is 13.2 Å². The van der Waals surface area contributed by atoms with Crippen molar-refractivity contribution in [2.45, 2.75) is 0 Å². The third-order valence-corrected chi connectivity index (χ3v) is 1.44. The van der Waals surface area contributed by atoms with Gasteiger partial charge in [0.25, 0.3) is 0 Å². The van der Waals surface area contributed by atoms with Crippen LogP contribution in [0.4, 0.5) is 0 Å². The summed E-state index contributed by atoms with van der Waals surface area (Å²) >= 11 is 0. The van der Waals surface area contributed by atoms with E-state index in [1.54, 1.807) is 0 Å². The first-order chi connectivity index (χ1) is 5.88. The van der Waals surface area contributed by atoms with E-state index in [1.807, 2.05) is 36.4 Å². The first-order valence-corrected chi connectivity index (χ1v) is 3.72. The Morgan fingerprint density at radius 2 is 1.17 bits per heavy atom. The van der Waals surface area contributed by atoms with E-state index < -0.39 is 0 Å². The van der Waals surface area contributed by atoms with Crippen molar-refractivity contribution in [3.8, 4) is 0 Å². The SMILES string of the molecule is C=C.C=Cc1ccccc1C=C. The highest BCUT2D eigenvalue weighted by atomic mass is 13.9. The monoisotopic (exact) mass is 158 g/mol. The molecule has 0 saturated carbocycles. The molecule has 0 heteroatoms. The Balaban J connectivity index is 0.000000561. The van der Waals surface area contributed by atoms with Crippen LogP contribution in [0, 0.1) is 0 Å². The van der Waals surface area contributed by atoms with Crippen LogP contribution in [-0.2, 0) is 0 Å². The molecule has 1 aromatic carbocycles. The summed E-state index contributed by atoms with van der Waals surface area (Å²) in [4.78, 5) is 0. The van der Waals surface area contributed by atoms with Crippen LogP contribution in [0.25, 0.3) is 12.2 Å². The molecule has 0 N–H and O–H groups in total. The van der Waals surface area contributed by atoms with Crippen LogP contribution in [0.5, 0.6) is 0 Å². The van der Waals surface area contributed by atoms with Gasteiger partial charge in [0.05, 0.1) is 0 Å². The molecule has 0 saturated heterocycles. The second-order valence-corrected chi connectivity index (χ2v) is 2.04. The number of benzene rings is 1. The van der Waals surface area contributed by atoms with Crippen LogP contribution in [0.3, 0.4) is 0 Å². The Kier molecular flexibility index (Phi) is 5.37. The fraction of sp³-hybridized carbons (Fsp3) is 0. The van der Waals surface area contributed by atoms with Gasteiger partial charge in [0.2, 0.25) is 0 Å². The van der Waals surface area contributed by atoms with E-state index in [9.17, 15) is 0 Å². The molecule has 0 spiro atoms. The molecule has 62 valence electrons. The molecule has 0 fully saturated rings. The van der Waals surface area contributed by atoms with Crippen molar-refractivity contribution in [3.63, 3.8) is 0 Å². The van der Waals surface area contributed by atoms with Crippen molar-refractivity contribution in [2.24, 2.45) is 0 Å². The van der Waals surface area contributed by atoms with Crippen LogP contribution in [-0.4, -0.2) is 0 Å². The Hall–Kier alpha value is -1.56. The summed E-state index contributed by atoms with van der Waals surface area (Å²) in [5.74, 6) is 0. The number of hydrogen-bond acceptors (Lipinski definition) is 0. The molecule has 0 nitrogen and oxygen atoms in total.